The van der Waals surface area contributed by atoms with Gasteiger partial charge in [-0.15, -0.1) is 0 Å². The Bertz CT molecular complexity index is 537. The zero-order valence-electron chi connectivity index (χ0n) is 13.8. The summed E-state index contributed by atoms with van der Waals surface area (Å²) >= 11 is 0. The Morgan fingerprint density at radius 2 is 1.81 bits per heavy atom. The van der Waals surface area contributed by atoms with Gasteiger partial charge in [0.1, 0.15) is 12.3 Å². The number of nitrogens with two attached hydrogens (primary N) is 2. The monoisotopic (exact) mass is 381 g/mol. The first-order valence-corrected chi connectivity index (χ1v) is 7.44. The Morgan fingerprint density at radius 1 is 1.27 bits per heavy atom. The molecule has 11 heteroatoms. The topological polar surface area (TPSA) is 148 Å². The van der Waals surface area contributed by atoms with E-state index in [0.29, 0.717) is 6.42 Å². The first-order valence-electron chi connectivity index (χ1n) is 7.44. The third-order valence-corrected chi connectivity index (χ3v) is 2.81. The molecule has 0 bridgehead atoms. The van der Waals surface area contributed by atoms with Gasteiger partial charge in [-0.05, 0) is 12.0 Å². The molecule has 26 heavy (non-hydrogen) atoms. The Labute approximate surface area is 147 Å². The molecule has 0 amide bonds. The molecular weight excluding hydrogens is 359 g/mol. The van der Waals surface area contributed by atoms with Gasteiger partial charge in [0.25, 0.3) is 0 Å². The van der Waals surface area contributed by atoms with Crippen LogP contribution in [-0.2, 0) is 20.7 Å². The van der Waals surface area contributed by atoms with E-state index < -0.39 is 24.2 Å². The van der Waals surface area contributed by atoms with Gasteiger partial charge in [0.15, 0.2) is 0 Å². The maximum Gasteiger partial charge on any atom is 0.490 e. The number of carboxylic acid groups (broad SMARTS) is 2. The minimum atomic E-state index is -5.08. The van der Waals surface area contributed by atoms with Crippen molar-refractivity contribution in [1.29, 1.82) is 0 Å². The maximum absolute atomic E-state index is 10.6. The molecule has 1 fully saturated rings. The number of aliphatic carboxylic acids is 2. The van der Waals surface area contributed by atoms with Crippen molar-refractivity contribution in [2.45, 2.75) is 24.9 Å². The van der Waals surface area contributed by atoms with E-state index in [2.05, 4.69) is 5.32 Å². The molecule has 1 aliphatic rings. The lowest BCUT2D eigenvalue weighted by Crippen LogP contribution is -2.43. The van der Waals surface area contributed by atoms with Crippen molar-refractivity contribution in [2.75, 3.05) is 19.7 Å². The minimum absolute atomic E-state index is 0.0752. The quantitative estimate of drug-likeness (QED) is 0.497. The van der Waals surface area contributed by atoms with Gasteiger partial charge in [-0.2, -0.15) is 13.2 Å². The lowest BCUT2D eigenvalue weighted by atomic mass is 10.1. The second-order valence-corrected chi connectivity index (χ2v) is 5.05. The average molecular weight is 381 g/mol. The summed E-state index contributed by atoms with van der Waals surface area (Å²) in [6, 6.07) is 8.54. The summed E-state index contributed by atoms with van der Waals surface area (Å²) in [6.45, 7) is 2.48. The molecule has 0 radical (unpaired) electrons. The molecule has 1 aliphatic heterocycles. The van der Waals surface area contributed by atoms with Crippen LogP contribution < -0.4 is 16.8 Å². The summed E-state index contributed by atoms with van der Waals surface area (Å²) < 4.78 is 36.7. The second kappa shape index (κ2) is 12.2. The number of morpholine rings is 1. The Morgan fingerprint density at radius 3 is 2.12 bits per heavy atom. The van der Waals surface area contributed by atoms with Gasteiger partial charge in [-0.25, -0.2) is 4.79 Å². The normalized spacial score (nSPS) is 17.7. The van der Waals surface area contributed by atoms with Crippen LogP contribution >= 0.6 is 0 Å². The number of carbonyl (C=O) groups is 2. The first-order chi connectivity index (χ1) is 12.0. The number of halogens is 3. The van der Waals surface area contributed by atoms with E-state index in [1.165, 1.54) is 0 Å². The Balaban J connectivity index is 0.000000385. The number of nitrogens with one attached hydrogen (secondary N) is 1. The van der Waals surface area contributed by atoms with Gasteiger partial charge in [-0.1, -0.05) is 30.3 Å². The molecule has 0 spiro atoms. The summed E-state index contributed by atoms with van der Waals surface area (Å²) in [5.41, 5.74) is 11.7. The van der Waals surface area contributed by atoms with Gasteiger partial charge >= 0.3 is 18.1 Å². The van der Waals surface area contributed by atoms with E-state index in [0.717, 1.165) is 25.3 Å². The smallest absolute Gasteiger partial charge is 0.480 e. The molecule has 1 saturated heterocycles. The molecule has 2 unspecified atom stereocenters. The van der Waals surface area contributed by atoms with Crippen LogP contribution in [0.3, 0.4) is 0 Å². The molecule has 1 aromatic carbocycles. The number of carboxylic acids is 2. The average Bonchev–Trinajstić information content (AvgIpc) is 2.56. The molecule has 2 rings (SSSR count). The molecule has 8 nitrogen and oxygen atoms in total. The lowest BCUT2D eigenvalue weighted by molar-refractivity contribution is -0.192. The summed E-state index contributed by atoms with van der Waals surface area (Å²) in [5, 5.41) is 18.7. The highest BCUT2D eigenvalue weighted by molar-refractivity contribution is 5.73. The van der Waals surface area contributed by atoms with Crippen LogP contribution in [0.5, 0.6) is 0 Å². The Kier molecular flexibility index (Phi) is 11.2. The van der Waals surface area contributed by atoms with Gasteiger partial charge in [-0.3, -0.25) is 4.79 Å². The standard InChI is InChI=1S/C9H11NO2.C4H10N2O.C2HF3O2/c10-8(9(11)12)6-7-4-2-1-3-5-7;5-4-3-6-1-2-7-4;3-2(4,5)1(6)7/h1-5,8H,6,10H2,(H,11,12);4,6H,1-3,5H2;(H,6,7). The predicted octanol–water partition coefficient (Wildman–Crippen LogP) is 0.165. The van der Waals surface area contributed by atoms with Crippen molar-refractivity contribution >= 4 is 11.9 Å². The molecule has 0 aromatic heterocycles. The highest BCUT2D eigenvalue weighted by Crippen LogP contribution is 2.13. The van der Waals surface area contributed by atoms with E-state index in [-0.39, 0.29) is 6.23 Å². The zero-order chi connectivity index (χ0) is 20.2. The van der Waals surface area contributed by atoms with E-state index in [9.17, 15) is 18.0 Å². The number of benzene rings is 1. The van der Waals surface area contributed by atoms with Crippen molar-refractivity contribution in [1.82, 2.24) is 5.32 Å². The molecule has 0 saturated carbocycles. The van der Waals surface area contributed by atoms with Crippen molar-refractivity contribution in [2.24, 2.45) is 11.5 Å². The largest absolute Gasteiger partial charge is 0.490 e. The number of hydrogen-bond donors (Lipinski definition) is 5. The molecule has 2 atom stereocenters. The highest BCUT2D eigenvalue weighted by Gasteiger charge is 2.38. The number of alkyl halides is 3. The SMILES string of the molecule is NC(Cc1ccccc1)C(=O)O.NC1CNCCO1.O=C(O)C(F)(F)F. The van der Waals surface area contributed by atoms with E-state index in [1.54, 1.807) is 0 Å². The van der Waals surface area contributed by atoms with Crippen LogP contribution in [0.15, 0.2) is 30.3 Å². The summed E-state index contributed by atoms with van der Waals surface area (Å²) in [5.74, 6) is -3.72. The third kappa shape index (κ3) is 12.2. The van der Waals surface area contributed by atoms with Crippen molar-refractivity contribution in [3.05, 3.63) is 35.9 Å². The van der Waals surface area contributed by atoms with E-state index >= 15 is 0 Å². The van der Waals surface area contributed by atoms with Crippen LogP contribution in [0.2, 0.25) is 0 Å². The molecule has 148 valence electrons. The van der Waals surface area contributed by atoms with Gasteiger partial charge < -0.3 is 31.7 Å². The van der Waals surface area contributed by atoms with Crippen molar-refractivity contribution < 1.29 is 37.7 Å². The van der Waals surface area contributed by atoms with Crippen molar-refractivity contribution in [3.63, 3.8) is 0 Å². The molecular formula is C15H22F3N3O5. The number of hydrogen-bond acceptors (Lipinski definition) is 6. The third-order valence-electron chi connectivity index (χ3n) is 2.81. The van der Waals surface area contributed by atoms with Gasteiger partial charge in [0.2, 0.25) is 0 Å². The first kappa shape index (κ1) is 23.8. The summed E-state index contributed by atoms with van der Waals surface area (Å²) in [6.07, 6.45) is -4.77. The molecule has 1 aromatic rings. The minimum Gasteiger partial charge on any atom is -0.480 e. The fourth-order valence-corrected chi connectivity index (χ4v) is 1.54. The molecule has 7 N–H and O–H groups in total. The highest BCUT2D eigenvalue weighted by atomic mass is 19.4. The summed E-state index contributed by atoms with van der Waals surface area (Å²) in [7, 11) is 0. The predicted molar refractivity (Wildman–Crippen MR) is 86.2 cm³/mol. The van der Waals surface area contributed by atoms with Gasteiger partial charge in [0.05, 0.1) is 6.61 Å². The van der Waals surface area contributed by atoms with E-state index in [4.69, 9.17) is 31.2 Å². The van der Waals surface area contributed by atoms with Crippen LogP contribution in [-0.4, -0.2) is 60.3 Å². The van der Waals surface area contributed by atoms with E-state index in [1.807, 2.05) is 30.3 Å². The molecule has 1 heterocycles. The molecule has 0 aliphatic carbocycles. The fourth-order valence-electron chi connectivity index (χ4n) is 1.54. The summed E-state index contributed by atoms with van der Waals surface area (Å²) in [4.78, 5) is 19.3. The van der Waals surface area contributed by atoms with Crippen LogP contribution in [0.25, 0.3) is 0 Å². The van der Waals surface area contributed by atoms with Crippen molar-refractivity contribution in [3.8, 4) is 0 Å². The number of ether oxygens (including phenoxy) is 1. The van der Waals surface area contributed by atoms with Crippen LogP contribution in [0, 0.1) is 0 Å². The second-order valence-electron chi connectivity index (χ2n) is 5.05. The fraction of sp³-hybridized carbons (Fsp3) is 0.467. The van der Waals surface area contributed by atoms with Crippen LogP contribution in [0.1, 0.15) is 5.56 Å². The van der Waals surface area contributed by atoms with Crippen LogP contribution in [0.4, 0.5) is 13.2 Å². The lowest BCUT2D eigenvalue weighted by Gasteiger charge is -2.18. The number of rotatable bonds is 3. The zero-order valence-corrected chi connectivity index (χ0v) is 13.8. The maximum atomic E-state index is 10.6. The van der Waals surface area contributed by atoms with Gasteiger partial charge in [0, 0.05) is 13.1 Å². The Hall–Kier alpha value is -2.21.